The molecule has 0 unspecified atom stereocenters. The number of nitrogen functional groups attached to an aromatic ring is 1. The summed E-state index contributed by atoms with van der Waals surface area (Å²) >= 11 is 0. The normalized spacial score (nSPS) is 13.8. The SMILES string of the molecule is Cc1ccc(OCCCCC(=O)Nc2ccccc2N)cc1Nc1ncc2c(n1)n(C1CCOCC1)c(=O)n2C. The Balaban J connectivity index is 1.19. The molecule has 0 saturated carbocycles. The van der Waals surface area contributed by atoms with Gasteiger partial charge in [0.05, 0.1) is 24.2 Å². The van der Waals surface area contributed by atoms with Crippen molar-refractivity contribution < 1.29 is 14.3 Å². The number of carbonyl (C=O) groups is 1. The summed E-state index contributed by atoms with van der Waals surface area (Å²) in [6, 6.07) is 13.0. The summed E-state index contributed by atoms with van der Waals surface area (Å²) in [6.45, 7) is 3.73. The fraction of sp³-hybridized carbons (Fsp3) is 0.379. The van der Waals surface area contributed by atoms with E-state index in [4.69, 9.17) is 20.2 Å². The highest BCUT2D eigenvalue weighted by atomic mass is 16.5. The fourth-order valence-corrected chi connectivity index (χ4v) is 4.82. The van der Waals surface area contributed by atoms with Crippen LogP contribution in [0.2, 0.25) is 0 Å². The topological polar surface area (TPSA) is 138 Å². The molecule has 2 aromatic heterocycles. The quantitative estimate of drug-likeness (QED) is 0.198. The zero-order valence-corrected chi connectivity index (χ0v) is 22.9. The van der Waals surface area contributed by atoms with Crippen molar-refractivity contribution in [2.24, 2.45) is 7.05 Å². The van der Waals surface area contributed by atoms with Crippen molar-refractivity contribution in [3.63, 3.8) is 0 Å². The molecule has 3 heterocycles. The van der Waals surface area contributed by atoms with Crippen LogP contribution < -0.4 is 26.8 Å². The van der Waals surface area contributed by atoms with Crippen molar-refractivity contribution in [1.29, 1.82) is 0 Å². The Morgan fingerprint density at radius 1 is 1.15 bits per heavy atom. The fourth-order valence-electron chi connectivity index (χ4n) is 4.82. The van der Waals surface area contributed by atoms with Gasteiger partial charge in [0.25, 0.3) is 0 Å². The molecule has 0 spiro atoms. The van der Waals surface area contributed by atoms with Crippen molar-refractivity contribution in [3.05, 3.63) is 64.7 Å². The van der Waals surface area contributed by atoms with E-state index in [9.17, 15) is 9.59 Å². The Kier molecular flexibility index (Phi) is 8.30. The van der Waals surface area contributed by atoms with E-state index in [2.05, 4.69) is 15.6 Å². The second-order valence-corrected chi connectivity index (χ2v) is 10.0. The monoisotopic (exact) mass is 545 g/mol. The highest BCUT2D eigenvalue weighted by Crippen LogP contribution is 2.27. The van der Waals surface area contributed by atoms with Gasteiger partial charge in [-0.2, -0.15) is 4.98 Å². The number of aromatic nitrogens is 4. The second-order valence-electron chi connectivity index (χ2n) is 10.0. The standard InChI is InChI=1S/C29H35N7O4/c1-19-10-11-21(40-14-6-5-9-26(37)32-23-8-4-3-7-22(23)30)17-24(19)33-28-31-18-25-27(34-28)36(29(38)35(25)2)20-12-15-39-16-13-20/h3-4,7-8,10-11,17-18,20H,5-6,9,12-16,30H2,1-2H3,(H,32,37)(H,31,33,34). The molecular formula is C29H35N7O4. The molecule has 2 aromatic carbocycles. The number of nitrogens with two attached hydrogens (primary N) is 1. The number of carbonyl (C=O) groups excluding carboxylic acids is 1. The van der Waals surface area contributed by atoms with E-state index in [0.717, 1.165) is 30.5 Å². The van der Waals surface area contributed by atoms with Gasteiger partial charge in [0.1, 0.15) is 11.3 Å². The molecule has 1 aliphatic rings. The highest BCUT2D eigenvalue weighted by molar-refractivity contribution is 5.93. The van der Waals surface area contributed by atoms with E-state index < -0.39 is 0 Å². The Labute approximate surface area is 232 Å². The first-order valence-electron chi connectivity index (χ1n) is 13.6. The number of rotatable bonds is 10. The van der Waals surface area contributed by atoms with Gasteiger partial charge in [0.2, 0.25) is 11.9 Å². The average Bonchev–Trinajstić information content (AvgIpc) is 3.20. The summed E-state index contributed by atoms with van der Waals surface area (Å²) in [7, 11) is 1.74. The first-order chi connectivity index (χ1) is 19.4. The van der Waals surface area contributed by atoms with Crippen molar-refractivity contribution in [2.75, 3.05) is 36.2 Å². The maximum Gasteiger partial charge on any atom is 0.330 e. The molecule has 0 atom stereocenters. The smallest absolute Gasteiger partial charge is 0.330 e. The van der Waals surface area contributed by atoms with Crippen LogP contribution in [0.4, 0.5) is 23.0 Å². The van der Waals surface area contributed by atoms with Crippen LogP contribution in [0.25, 0.3) is 11.2 Å². The molecule has 0 aliphatic carbocycles. The van der Waals surface area contributed by atoms with Gasteiger partial charge in [-0.25, -0.2) is 9.78 Å². The van der Waals surface area contributed by atoms with E-state index in [1.807, 2.05) is 37.3 Å². The number of hydrogen-bond acceptors (Lipinski definition) is 8. The van der Waals surface area contributed by atoms with Crippen LogP contribution in [0.5, 0.6) is 5.75 Å². The molecule has 40 heavy (non-hydrogen) atoms. The van der Waals surface area contributed by atoms with Crippen LogP contribution in [0, 0.1) is 6.92 Å². The largest absolute Gasteiger partial charge is 0.494 e. The van der Waals surface area contributed by atoms with Gasteiger partial charge in [-0.05, 0) is 56.4 Å². The molecule has 0 bridgehead atoms. The number of fused-ring (bicyclic) bond motifs is 1. The van der Waals surface area contributed by atoms with Crippen LogP contribution in [-0.4, -0.2) is 44.8 Å². The van der Waals surface area contributed by atoms with Crippen LogP contribution in [0.3, 0.4) is 0 Å². The number of benzene rings is 2. The van der Waals surface area contributed by atoms with E-state index in [-0.39, 0.29) is 17.6 Å². The lowest BCUT2D eigenvalue weighted by molar-refractivity contribution is -0.116. The number of nitrogens with zero attached hydrogens (tertiary/aromatic N) is 4. The van der Waals surface area contributed by atoms with Crippen LogP contribution in [-0.2, 0) is 16.6 Å². The lowest BCUT2D eigenvalue weighted by atomic mass is 10.1. The van der Waals surface area contributed by atoms with Gasteiger partial charge in [-0.1, -0.05) is 18.2 Å². The maximum atomic E-state index is 13.0. The van der Waals surface area contributed by atoms with E-state index in [0.29, 0.717) is 66.9 Å². The molecule has 4 N–H and O–H groups in total. The second kappa shape index (κ2) is 12.2. The number of nitrogens with one attached hydrogen (secondary N) is 2. The average molecular weight is 546 g/mol. The Bertz CT molecular complexity index is 1560. The van der Waals surface area contributed by atoms with Crippen LogP contribution in [0.15, 0.2) is 53.5 Å². The van der Waals surface area contributed by atoms with Gasteiger partial charge in [0.15, 0.2) is 5.65 Å². The lowest BCUT2D eigenvalue weighted by Gasteiger charge is -2.22. The number of imidazole rings is 1. The third-order valence-corrected chi connectivity index (χ3v) is 7.15. The third-order valence-electron chi connectivity index (χ3n) is 7.15. The highest BCUT2D eigenvalue weighted by Gasteiger charge is 2.23. The van der Waals surface area contributed by atoms with Gasteiger partial charge in [-0.15, -0.1) is 0 Å². The number of amides is 1. The number of ether oxygens (including phenoxy) is 2. The molecule has 210 valence electrons. The molecule has 11 nitrogen and oxygen atoms in total. The van der Waals surface area contributed by atoms with E-state index in [1.54, 1.807) is 34.5 Å². The number of unbranched alkanes of at least 4 members (excludes halogenated alkanes) is 1. The van der Waals surface area contributed by atoms with Crippen molar-refractivity contribution in [1.82, 2.24) is 19.1 Å². The minimum absolute atomic E-state index is 0.0497. The number of para-hydroxylation sites is 2. The van der Waals surface area contributed by atoms with Gasteiger partial charge in [0, 0.05) is 44.5 Å². The van der Waals surface area contributed by atoms with Crippen LogP contribution >= 0.6 is 0 Å². The molecule has 5 rings (SSSR count). The summed E-state index contributed by atoms with van der Waals surface area (Å²) in [6.07, 6.45) is 5.03. The van der Waals surface area contributed by atoms with E-state index >= 15 is 0 Å². The zero-order chi connectivity index (χ0) is 28.1. The van der Waals surface area contributed by atoms with E-state index in [1.165, 1.54) is 0 Å². The number of anilines is 4. The first kappa shape index (κ1) is 27.2. The van der Waals surface area contributed by atoms with Crippen molar-refractivity contribution in [3.8, 4) is 5.75 Å². The number of aryl methyl sites for hydroxylation is 2. The van der Waals surface area contributed by atoms with Gasteiger partial charge >= 0.3 is 5.69 Å². The molecule has 1 fully saturated rings. The molecule has 1 amide bonds. The molecule has 11 heteroatoms. The number of hydrogen-bond donors (Lipinski definition) is 3. The minimum Gasteiger partial charge on any atom is -0.494 e. The molecule has 1 aliphatic heterocycles. The van der Waals surface area contributed by atoms with Gasteiger partial charge < -0.3 is 25.8 Å². The lowest BCUT2D eigenvalue weighted by Crippen LogP contribution is -2.30. The molecule has 4 aromatic rings. The molecule has 0 radical (unpaired) electrons. The van der Waals surface area contributed by atoms with Gasteiger partial charge in [-0.3, -0.25) is 13.9 Å². The Hall–Kier alpha value is -4.38. The molecule has 1 saturated heterocycles. The van der Waals surface area contributed by atoms with Crippen molar-refractivity contribution >= 4 is 40.1 Å². The predicted octanol–water partition coefficient (Wildman–Crippen LogP) is 4.30. The minimum atomic E-state index is -0.0957. The summed E-state index contributed by atoms with van der Waals surface area (Å²) in [4.78, 5) is 34.4. The summed E-state index contributed by atoms with van der Waals surface area (Å²) in [5, 5.41) is 6.14. The Morgan fingerprint density at radius 2 is 1.95 bits per heavy atom. The predicted molar refractivity (Wildman–Crippen MR) is 155 cm³/mol. The Morgan fingerprint density at radius 3 is 2.75 bits per heavy atom. The summed E-state index contributed by atoms with van der Waals surface area (Å²) < 4.78 is 14.8. The third kappa shape index (κ3) is 6.09. The summed E-state index contributed by atoms with van der Waals surface area (Å²) in [5.74, 6) is 1.04. The zero-order valence-electron chi connectivity index (χ0n) is 22.9. The maximum absolute atomic E-state index is 13.0. The van der Waals surface area contributed by atoms with Crippen LogP contribution in [0.1, 0.15) is 43.7 Å². The summed E-state index contributed by atoms with van der Waals surface area (Å²) in [5.41, 5.74) is 10.1. The first-order valence-corrected chi connectivity index (χ1v) is 13.6. The molecular weight excluding hydrogens is 510 g/mol. The van der Waals surface area contributed by atoms with Crippen molar-refractivity contribution in [2.45, 2.75) is 45.1 Å².